The minimum absolute atomic E-state index is 0.0131. The Balaban J connectivity index is 1.07. The zero-order valence-electron chi connectivity index (χ0n) is 22.0. The summed E-state index contributed by atoms with van der Waals surface area (Å²) in [5.41, 5.74) is 4.13. The number of aromatic nitrogens is 1. The van der Waals surface area contributed by atoms with E-state index in [9.17, 15) is 9.59 Å². The lowest BCUT2D eigenvalue weighted by Crippen LogP contribution is -2.49. The third-order valence-corrected chi connectivity index (χ3v) is 7.94. The maximum absolute atomic E-state index is 13.3. The van der Waals surface area contributed by atoms with Gasteiger partial charge < -0.3 is 24.0 Å². The second kappa shape index (κ2) is 10.9. The molecule has 2 saturated heterocycles. The van der Waals surface area contributed by atoms with Crippen molar-refractivity contribution in [3.8, 4) is 0 Å². The molecule has 2 aliphatic carbocycles. The topological polar surface area (TPSA) is 84.4 Å². The average molecular weight is 521 g/mol. The number of ether oxygens (including phenoxy) is 3. The fourth-order valence-corrected chi connectivity index (χ4v) is 5.42. The van der Waals surface area contributed by atoms with E-state index in [2.05, 4.69) is 17.2 Å². The Labute approximate surface area is 223 Å². The monoisotopic (exact) mass is 520 g/mol. The van der Waals surface area contributed by atoms with Gasteiger partial charge in [0.25, 0.3) is 5.91 Å². The first-order chi connectivity index (χ1) is 18.6. The second-order valence-electron chi connectivity index (χ2n) is 10.7. The van der Waals surface area contributed by atoms with Crippen LogP contribution in [0.2, 0.25) is 0 Å². The molecule has 4 aliphatic rings. The Morgan fingerprint density at radius 2 is 1.76 bits per heavy atom. The van der Waals surface area contributed by atoms with Gasteiger partial charge in [-0.25, -0.2) is 9.78 Å². The van der Waals surface area contributed by atoms with Crippen LogP contribution in [0, 0.1) is 0 Å². The SMILES string of the molecule is COCCOC[C@@H]1COC(=O)N1c1ccc(C(=O)N2CCN(c3ncc(C4CC4)cc3C3CC3)CC2)cc1. The molecule has 1 atom stereocenters. The number of carbonyl (C=O) groups excluding carboxylic acids is 2. The maximum atomic E-state index is 13.3. The first-order valence-electron chi connectivity index (χ1n) is 13.8. The number of hydrogen-bond donors (Lipinski definition) is 0. The van der Waals surface area contributed by atoms with E-state index in [1.807, 2.05) is 17.0 Å². The molecule has 2 saturated carbocycles. The van der Waals surface area contributed by atoms with E-state index in [4.69, 9.17) is 19.2 Å². The van der Waals surface area contributed by atoms with Crippen LogP contribution < -0.4 is 9.80 Å². The molecule has 202 valence electrons. The predicted molar refractivity (Wildman–Crippen MR) is 143 cm³/mol. The number of hydrogen-bond acceptors (Lipinski definition) is 7. The number of piperazine rings is 1. The van der Waals surface area contributed by atoms with E-state index in [-0.39, 0.29) is 18.6 Å². The molecule has 38 heavy (non-hydrogen) atoms. The zero-order chi connectivity index (χ0) is 26.1. The summed E-state index contributed by atoms with van der Waals surface area (Å²) in [5.74, 6) is 2.50. The Kier molecular flexibility index (Phi) is 7.21. The van der Waals surface area contributed by atoms with Gasteiger partial charge in [-0.05, 0) is 72.9 Å². The number of amides is 2. The zero-order valence-corrected chi connectivity index (χ0v) is 22.0. The summed E-state index contributed by atoms with van der Waals surface area (Å²) in [4.78, 5) is 36.4. The van der Waals surface area contributed by atoms with Gasteiger partial charge in [0, 0.05) is 50.7 Å². The highest BCUT2D eigenvalue weighted by Crippen LogP contribution is 2.47. The fraction of sp³-hybridized carbons (Fsp3) is 0.552. The largest absolute Gasteiger partial charge is 0.447 e. The van der Waals surface area contributed by atoms with Gasteiger partial charge in [0.2, 0.25) is 0 Å². The van der Waals surface area contributed by atoms with Gasteiger partial charge in [-0.2, -0.15) is 0 Å². The van der Waals surface area contributed by atoms with Crippen LogP contribution >= 0.6 is 0 Å². The van der Waals surface area contributed by atoms with Crippen molar-refractivity contribution in [1.29, 1.82) is 0 Å². The van der Waals surface area contributed by atoms with Crippen molar-refractivity contribution in [2.45, 2.75) is 43.6 Å². The van der Waals surface area contributed by atoms with Gasteiger partial charge in [-0.15, -0.1) is 0 Å². The average Bonchev–Trinajstić information content (AvgIpc) is 3.88. The number of rotatable bonds is 10. The number of anilines is 2. The Morgan fingerprint density at radius 1 is 1.03 bits per heavy atom. The molecule has 9 heteroatoms. The molecule has 1 aromatic carbocycles. The van der Waals surface area contributed by atoms with Crippen LogP contribution in [0.4, 0.5) is 16.3 Å². The van der Waals surface area contributed by atoms with Gasteiger partial charge in [-0.3, -0.25) is 9.69 Å². The highest BCUT2D eigenvalue weighted by molar-refractivity contribution is 5.96. The molecule has 0 unspecified atom stereocenters. The molecule has 2 aliphatic heterocycles. The minimum atomic E-state index is -0.398. The van der Waals surface area contributed by atoms with Crippen LogP contribution in [0.1, 0.15) is 59.0 Å². The molecule has 0 bridgehead atoms. The number of cyclic esters (lactones) is 1. The summed E-state index contributed by atoms with van der Waals surface area (Å²) in [7, 11) is 1.62. The molecule has 2 aromatic rings. The normalized spacial score (nSPS) is 21.7. The molecule has 9 nitrogen and oxygen atoms in total. The molecule has 4 fully saturated rings. The highest BCUT2D eigenvalue weighted by atomic mass is 16.6. The Hall–Kier alpha value is -3.17. The number of methoxy groups -OCH3 is 1. The number of carbonyl (C=O) groups is 2. The summed E-state index contributed by atoms with van der Waals surface area (Å²) < 4.78 is 15.9. The molecule has 6 rings (SSSR count). The summed E-state index contributed by atoms with van der Waals surface area (Å²) >= 11 is 0. The lowest BCUT2D eigenvalue weighted by atomic mass is 10.1. The molecular weight excluding hydrogens is 484 g/mol. The molecule has 1 aromatic heterocycles. The molecule has 3 heterocycles. The van der Waals surface area contributed by atoms with Crippen molar-refractivity contribution in [2.75, 3.05) is 69.5 Å². The molecule has 0 spiro atoms. The third-order valence-electron chi connectivity index (χ3n) is 7.94. The van der Waals surface area contributed by atoms with Crippen LogP contribution in [0.15, 0.2) is 36.5 Å². The van der Waals surface area contributed by atoms with Crippen molar-refractivity contribution in [1.82, 2.24) is 9.88 Å². The van der Waals surface area contributed by atoms with Crippen molar-refractivity contribution in [2.24, 2.45) is 0 Å². The number of nitrogens with zero attached hydrogens (tertiary/aromatic N) is 4. The van der Waals surface area contributed by atoms with Crippen LogP contribution in [-0.2, 0) is 14.2 Å². The third kappa shape index (κ3) is 5.35. The number of benzene rings is 1. The number of pyridine rings is 1. The molecule has 0 N–H and O–H groups in total. The first-order valence-corrected chi connectivity index (χ1v) is 13.8. The van der Waals surface area contributed by atoms with Gasteiger partial charge in [0.1, 0.15) is 12.4 Å². The Morgan fingerprint density at radius 3 is 2.45 bits per heavy atom. The van der Waals surface area contributed by atoms with Crippen LogP contribution in [0.3, 0.4) is 0 Å². The lowest BCUT2D eigenvalue weighted by molar-refractivity contribution is 0.0614. The second-order valence-corrected chi connectivity index (χ2v) is 10.7. The quantitative estimate of drug-likeness (QED) is 0.441. The van der Waals surface area contributed by atoms with Crippen LogP contribution in [0.5, 0.6) is 0 Å². The van der Waals surface area contributed by atoms with E-state index in [0.717, 1.165) is 18.9 Å². The van der Waals surface area contributed by atoms with Gasteiger partial charge in [0.05, 0.1) is 25.9 Å². The van der Waals surface area contributed by atoms with Crippen molar-refractivity contribution >= 4 is 23.5 Å². The van der Waals surface area contributed by atoms with E-state index in [1.165, 1.54) is 36.8 Å². The van der Waals surface area contributed by atoms with Crippen molar-refractivity contribution in [3.63, 3.8) is 0 Å². The first kappa shape index (κ1) is 25.1. The summed E-state index contributed by atoms with van der Waals surface area (Å²) in [6.07, 6.45) is 6.77. The van der Waals surface area contributed by atoms with Gasteiger partial charge >= 0.3 is 6.09 Å². The lowest BCUT2D eigenvalue weighted by Gasteiger charge is -2.36. The van der Waals surface area contributed by atoms with E-state index in [1.54, 1.807) is 24.1 Å². The summed E-state index contributed by atoms with van der Waals surface area (Å²) in [6.45, 7) is 4.48. The van der Waals surface area contributed by atoms with Crippen molar-refractivity contribution in [3.05, 3.63) is 53.2 Å². The van der Waals surface area contributed by atoms with Crippen molar-refractivity contribution < 1.29 is 23.8 Å². The Bertz CT molecular complexity index is 1160. The van der Waals surface area contributed by atoms with Crippen LogP contribution in [-0.4, -0.2) is 87.6 Å². The van der Waals surface area contributed by atoms with E-state index >= 15 is 0 Å². The van der Waals surface area contributed by atoms with Gasteiger partial charge in [0.15, 0.2) is 0 Å². The van der Waals surface area contributed by atoms with Gasteiger partial charge in [-0.1, -0.05) is 6.07 Å². The maximum Gasteiger partial charge on any atom is 0.414 e. The minimum Gasteiger partial charge on any atom is -0.447 e. The fourth-order valence-electron chi connectivity index (χ4n) is 5.42. The highest BCUT2D eigenvalue weighted by Gasteiger charge is 2.35. The molecule has 2 amide bonds. The smallest absolute Gasteiger partial charge is 0.414 e. The van der Waals surface area contributed by atoms with Crippen LogP contribution in [0.25, 0.3) is 0 Å². The summed E-state index contributed by atoms with van der Waals surface area (Å²) in [5, 5.41) is 0. The summed E-state index contributed by atoms with van der Waals surface area (Å²) in [6, 6.07) is 9.41. The molecular formula is C29H36N4O5. The predicted octanol–water partition coefficient (Wildman–Crippen LogP) is 3.79. The molecule has 0 radical (unpaired) electrons. The van der Waals surface area contributed by atoms with E-state index in [0.29, 0.717) is 56.0 Å². The van der Waals surface area contributed by atoms with E-state index < -0.39 is 6.09 Å². The standard InChI is InChI=1S/C29H36N4O5/c1-36-14-15-37-18-25-19-38-29(35)33(25)24-8-6-22(7-9-24)28(34)32-12-10-31(11-13-32)27-26(21-4-5-21)16-23(17-30-27)20-2-3-20/h6-9,16-17,20-21,25H,2-5,10-15,18-19H2,1H3/t25-/m1/s1.